The molecule has 2 aromatic rings. The van der Waals surface area contributed by atoms with Crippen molar-refractivity contribution >= 4 is 18.0 Å². The summed E-state index contributed by atoms with van der Waals surface area (Å²) in [6.07, 6.45) is 1.82. The van der Waals surface area contributed by atoms with Crippen molar-refractivity contribution in [3.63, 3.8) is 0 Å². The third-order valence-corrected chi connectivity index (χ3v) is 6.99. The lowest BCUT2D eigenvalue weighted by molar-refractivity contribution is -0.138. The predicted octanol–water partition coefficient (Wildman–Crippen LogP) is 4.31. The summed E-state index contributed by atoms with van der Waals surface area (Å²) in [4.78, 5) is 36.8. The highest BCUT2D eigenvalue weighted by Crippen LogP contribution is 2.44. The van der Waals surface area contributed by atoms with Gasteiger partial charge in [-0.2, -0.15) is 0 Å². The Hall–Kier alpha value is -3.35. The summed E-state index contributed by atoms with van der Waals surface area (Å²) in [6.45, 7) is 3.89. The summed E-state index contributed by atoms with van der Waals surface area (Å²) in [6, 6.07) is 15.3. The molecule has 180 valence electrons. The standard InChI is InChI=1S/C27H32N2O5/c1-16(2)25(26(32)28-23-13-7-8-17(23)14-24(30)31)29-27(33)34-15-22-20-11-5-3-9-18(20)19-10-4-6-12-21(19)22/h3-6,9-12,16-17,22-23,25H,7-8,13-15H2,1-2H3,(H,28,32)(H,29,33)(H,30,31). The van der Waals surface area contributed by atoms with Crippen LogP contribution in [0.1, 0.15) is 56.6 Å². The van der Waals surface area contributed by atoms with Gasteiger partial charge in [-0.15, -0.1) is 0 Å². The summed E-state index contributed by atoms with van der Waals surface area (Å²) in [7, 11) is 0. The predicted molar refractivity (Wildman–Crippen MR) is 128 cm³/mol. The zero-order chi connectivity index (χ0) is 24.2. The smallest absolute Gasteiger partial charge is 0.407 e. The molecule has 0 aliphatic heterocycles. The molecule has 0 radical (unpaired) electrons. The molecule has 1 saturated carbocycles. The van der Waals surface area contributed by atoms with Gasteiger partial charge in [0, 0.05) is 12.0 Å². The van der Waals surface area contributed by atoms with Gasteiger partial charge >= 0.3 is 12.1 Å². The first-order valence-corrected chi connectivity index (χ1v) is 12.0. The van der Waals surface area contributed by atoms with Gasteiger partial charge in [0.05, 0.1) is 6.42 Å². The quantitative estimate of drug-likeness (QED) is 0.540. The van der Waals surface area contributed by atoms with E-state index in [1.165, 1.54) is 0 Å². The maximum Gasteiger partial charge on any atom is 0.407 e. The van der Waals surface area contributed by atoms with Gasteiger partial charge in [0.2, 0.25) is 5.91 Å². The lowest BCUT2D eigenvalue weighted by Crippen LogP contribution is -2.53. The van der Waals surface area contributed by atoms with Crippen molar-refractivity contribution in [2.75, 3.05) is 6.61 Å². The second kappa shape index (κ2) is 10.3. The number of carboxylic acid groups (broad SMARTS) is 1. The summed E-state index contributed by atoms with van der Waals surface area (Å²) < 4.78 is 5.61. The van der Waals surface area contributed by atoms with Crippen molar-refractivity contribution in [3.05, 3.63) is 59.7 Å². The zero-order valence-corrected chi connectivity index (χ0v) is 19.6. The number of fused-ring (bicyclic) bond motifs is 3. The van der Waals surface area contributed by atoms with Gasteiger partial charge in [0.25, 0.3) is 0 Å². The molecule has 34 heavy (non-hydrogen) atoms. The minimum absolute atomic E-state index is 0.0388. The molecule has 2 aromatic carbocycles. The molecule has 2 aliphatic rings. The number of nitrogens with one attached hydrogen (secondary N) is 2. The highest BCUT2D eigenvalue weighted by atomic mass is 16.5. The van der Waals surface area contributed by atoms with Gasteiger partial charge in [-0.1, -0.05) is 68.8 Å². The van der Waals surface area contributed by atoms with Crippen molar-refractivity contribution in [1.82, 2.24) is 10.6 Å². The molecular weight excluding hydrogens is 432 g/mol. The minimum Gasteiger partial charge on any atom is -0.481 e. The first-order chi connectivity index (χ1) is 16.3. The Kier molecular flexibility index (Phi) is 7.20. The summed E-state index contributed by atoms with van der Waals surface area (Å²) in [5.74, 6) is -1.45. The van der Waals surface area contributed by atoms with Gasteiger partial charge in [-0.3, -0.25) is 9.59 Å². The fourth-order valence-electron chi connectivity index (χ4n) is 5.27. The average Bonchev–Trinajstić information content (AvgIpc) is 3.37. The first-order valence-electron chi connectivity index (χ1n) is 12.0. The Morgan fingerprint density at radius 2 is 1.62 bits per heavy atom. The normalized spacial score (nSPS) is 19.9. The van der Waals surface area contributed by atoms with E-state index in [1.807, 2.05) is 38.1 Å². The molecule has 0 saturated heterocycles. The number of alkyl carbamates (subject to hydrolysis) is 1. The average molecular weight is 465 g/mol. The highest BCUT2D eigenvalue weighted by Gasteiger charge is 2.34. The van der Waals surface area contributed by atoms with E-state index < -0.39 is 18.1 Å². The molecule has 0 aromatic heterocycles. The van der Waals surface area contributed by atoms with Crippen LogP contribution in [0.15, 0.2) is 48.5 Å². The molecule has 1 fully saturated rings. The van der Waals surface area contributed by atoms with Crippen molar-refractivity contribution in [2.45, 2.75) is 57.5 Å². The van der Waals surface area contributed by atoms with Crippen LogP contribution in [0, 0.1) is 11.8 Å². The lowest BCUT2D eigenvalue weighted by Gasteiger charge is -2.26. The Morgan fingerprint density at radius 3 is 2.21 bits per heavy atom. The molecule has 7 heteroatoms. The number of hydrogen-bond acceptors (Lipinski definition) is 4. The SMILES string of the molecule is CC(C)C(NC(=O)OCC1c2ccccc2-c2ccccc21)C(=O)NC1CCCC1CC(=O)O. The topological polar surface area (TPSA) is 105 Å². The molecule has 0 bridgehead atoms. The van der Waals surface area contributed by atoms with Crippen molar-refractivity contribution in [3.8, 4) is 11.1 Å². The van der Waals surface area contributed by atoms with Gasteiger partial charge in [-0.05, 0) is 46.9 Å². The number of carboxylic acids is 1. The Bertz CT molecular complexity index is 1020. The fourth-order valence-corrected chi connectivity index (χ4v) is 5.27. The van der Waals surface area contributed by atoms with E-state index in [0.29, 0.717) is 0 Å². The molecule has 3 unspecified atom stereocenters. The van der Waals surface area contributed by atoms with Crippen molar-refractivity contribution in [1.29, 1.82) is 0 Å². The molecule has 2 aliphatic carbocycles. The fraction of sp³-hybridized carbons (Fsp3) is 0.444. The number of aliphatic carboxylic acids is 1. The van der Waals surface area contributed by atoms with E-state index in [1.54, 1.807) is 0 Å². The second-order valence-electron chi connectivity index (χ2n) is 9.60. The van der Waals surface area contributed by atoms with Gasteiger partial charge < -0.3 is 20.5 Å². The van der Waals surface area contributed by atoms with E-state index in [9.17, 15) is 14.4 Å². The second-order valence-corrected chi connectivity index (χ2v) is 9.60. The van der Waals surface area contributed by atoms with Crippen LogP contribution in [0.3, 0.4) is 0 Å². The molecule has 2 amide bonds. The van der Waals surface area contributed by atoms with Crippen molar-refractivity contribution < 1.29 is 24.2 Å². The van der Waals surface area contributed by atoms with E-state index >= 15 is 0 Å². The van der Waals surface area contributed by atoms with E-state index in [4.69, 9.17) is 9.84 Å². The maximum absolute atomic E-state index is 13.0. The number of carbonyl (C=O) groups is 3. The molecule has 4 rings (SSSR count). The number of hydrogen-bond donors (Lipinski definition) is 3. The third-order valence-electron chi connectivity index (χ3n) is 6.99. The molecule has 0 spiro atoms. The third kappa shape index (κ3) is 5.08. The number of amides is 2. The van der Waals surface area contributed by atoms with Crippen LogP contribution in [-0.2, 0) is 14.3 Å². The van der Waals surface area contributed by atoms with Crippen LogP contribution in [0.25, 0.3) is 11.1 Å². The van der Waals surface area contributed by atoms with Crippen LogP contribution in [-0.4, -0.2) is 41.8 Å². The van der Waals surface area contributed by atoms with E-state index in [-0.39, 0.29) is 42.7 Å². The summed E-state index contributed by atoms with van der Waals surface area (Å²) in [5, 5.41) is 14.8. The largest absolute Gasteiger partial charge is 0.481 e. The molecule has 7 nitrogen and oxygen atoms in total. The number of rotatable bonds is 8. The Labute approximate surface area is 199 Å². The van der Waals surface area contributed by atoms with Gasteiger partial charge in [0.1, 0.15) is 12.6 Å². The van der Waals surface area contributed by atoms with E-state index in [2.05, 4.69) is 34.9 Å². The van der Waals surface area contributed by atoms with Gasteiger partial charge in [-0.25, -0.2) is 4.79 Å². The lowest BCUT2D eigenvalue weighted by atomic mass is 9.98. The van der Waals surface area contributed by atoms with Crippen LogP contribution in [0.4, 0.5) is 4.79 Å². The molecule has 3 N–H and O–H groups in total. The highest BCUT2D eigenvalue weighted by molar-refractivity contribution is 5.86. The van der Waals surface area contributed by atoms with E-state index in [0.717, 1.165) is 41.5 Å². The number of ether oxygens (including phenoxy) is 1. The number of benzene rings is 2. The van der Waals surface area contributed by atoms with Crippen LogP contribution < -0.4 is 10.6 Å². The van der Waals surface area contributed by atoms with Crippen molar-refractivity contribution in [2.24, 2.45) is 11.8 Å². The maximum atomic E-state index is 13.0. The Morgan fingerprint density at radius 1 is 1.00 bits per heavy atom. The number of carbonyl (C=O) groups excluding carboxylic acids is 2. The van der Waals surface area contributed by atoms with Crippen LogP contribution in [0.5, 0.6) is 0 Å². The van der Waals surface area contributed by atoms with Gasteiger partial charge in [0.15, 0.2) is 0 Å². The summed E-state index contributed by atoms with van der Waals surface area (Å²) >= 11 is 0. The first kappa shape index (κ1) is 23.8. The zero-order valence-electron chi connectivity index (χ0n) is 19.6. The summed E-state index contributed by atoms with van der Waals surface area (Å²) in [5.41, 5.74) is 4.55. The van der Waals surface area contributed by atoms with Crippen LogP contribution >= 0.6 is 0 Å². The minimum atomic E-state index is -0.858. The van der Waals surface area contributed by atoms with Crippen LogP contribution in [0.2, 0.25) is 0 Å². The Balaban J connectivity index is 1.37. The monoisotopic (exact) mass is 464 g/mol. The molecular formula is C27H32N2O5. The molecule has 0 heterocycles. The molecule has 3 atom stereocenters.